The second-order valence-electron chi connectivity index (χ2n) is 5.90. The molecular formula is C22H22N2O3. The van der Waals surface area contributed by atoms with Gasteiger partial charge in [-0.2, -0.15) is 0 Å². The lowest BCUT2D eigenvalue weighted by Gasteiger charge is -2.12. The molecule has 0 atom stereocenters. The topological polar surface area (TPSA) is 64.5 Å². The number of benzene rings is 2. The van der Waals surface area contributed by atoms with Crippen LogP contribution in [0.25, 0.3) is 6.08 Å². The van der Waals surface area contributed by atoms with Gasteiger partial charge in [0.05, 0.1) is 5.69 Å². The van der Waals surface area contributed by atoms with Crippen LogP contribution in [0.1, 0.15) is 23.2 Å². The van der Waals surface area contributed by atoms with E-state index >= 15 is 0 Å². The first-order valence-corrected chi connectivity index (χ1v) is 8.84. The van der Waals surface area contributed by atoms with Gasteiger partial charge in [0.25, 0.3) is 5.88 Å². The van der Waals surface area contributed by atoms with Crippen molar-refractivity contribution in [3.8, 4) is 11.6 Å². The van der Waals surface area contributed by atoms with Gasteiger partial charge in [0.1, 0.15) is 13.2 Å². The normalized spacial score (nSPS) is 10.9. The highest BCUT2D eigenvalue weighted by atomic mass is 16.5. The van der Waals surface area contributed by atoms with Crippen LogP contribution in [0.15, 0.2) is 72.8 Å². The Morgan fingerprint density at radius 2 is 1.44 bits per heavy atom. The Labute approximate surface area is 158 Å². The molecule has 0 saturated carbocycles. The Balaban J connectivity index is 1.75. The highest BCUT2D eigenvalue weighted by Gasteiger charge is 2.10. The van der Waals surface area contributed by atoms with Gasteiger partial charge in [0.15, 0.2) is 5.75 Å². The van der Waals surface area contributed by atoms with Crippen LogP contribution in [0.5, 0.6) is 11.6 Å². The van der Waals surface area contributed by atoms with Crippen molar-refractivity contribution in [2.45, 2.75) is 19.6 Å². The summed E-state index contributed by atoms with van der Waals surface area (Å²) in [5, 5.41) is 17.2. The summed E-state index contributed by atoms with van der Waals surface area (Å²) in [6.45, 7) is 0.893. The molecule has 138 valence electrons. The van der Waals surface area contributed by atoms with E-state index in [0.29, 0.717) is 37.0 Å². The van der Waals surface area contributed by atoms with Gasteiger partial charge in [-0.25, -0.2) is 0 Å². The Hall–Kier alpha value is -3.18. The molecule has 0 unspecified atom stereocenters. The SMILES string of the molecule is OCCC=Cc1cc(OCc2ccccc2)c(OCc2ccccc2)nn1. The maximum absolute atomic E-state index is 8.90. The average Bonchev–Trinajstić information content (AvgIpc) is 2.73. The maximum Gasteiger partial charge on any atom is 0.276 e. The molecule has 27 heavy (non-hydrogen) atoms. The zero-order valence-electron chi connectivity index (χ0n) is 15.0. The van der Waals surface area contributed by atoms with Gasteiger partial charge >= 0.3 is 0 Å². The number of aliphatic hydroxyl groups excluding tert-OH is 1. The number of aliphatic hydroxyl groups is 1. The number of ether oxygens (including phenoxy) is 2. The first-order chi connectivity index (χ1) is 13.3. The van der Waals surface area contributed by atoms with Crippen LogP contribution < -0.4 is 9.47 Å². The molecule has 3 aromatic rings. The van der Waals surface area contributed by atoms with Crippen molar-refractivity contribution < 1.29 is 14.6 Å². The van der Waals surface area contributed by atoms with E-state index in [0.717, 1.165) is 11.1 Å². The molecule has 1 aromatic heterocycles. The molecule has 5 nitrogen and oxygen atoms in total. The lowest BCUT2D eigenvalue weighted by molar-refractivity contribution is 0.244. The van der Waals surface area contributed by atoms with E-state index in [1.807, 2.05) is 66.7 Å². The Morgan fingerprint density at radius 1 is 0.815 bits per heavy atom. The minimum Gasteiger partial charge on any atom is -0.483 e. The van der Waals surface area contributed by atoms with Crippen LogP contribution in [0, 0.1) is 0 Å². The van der Waals surface area contributed by atoms with Gasteiger partial charge in [-0.15, -0.1) is 10.2 Å². The molecule has 0 aliphatic heterocycles. The van der Waals surface area contributed by atoms with Gasteiger partial charge in [0.2, 0.25) is 0 Å². The number of nitrogens with zero attached hydrogens (tertiary/aromatic N) is 2. The molecular weight excluding hydrogens is 340 g/mol. The number of hydrogen-bond donors (Lipinski definition) is 1. The number of hydrogen-bond acceptors (Lipinski definition) is 5. The molecule has 0 saturated heterocycles. The maximum atomic E-state index is 8.90. The van der Waals surface area contributed by atoms with Crippen molar-refractivity contribution >= 4 is 6.08 Å². The summed E-state index contributed by atoms with van der Waals surface area (Å²) in [6.07, 6.45) is 4.21. The summed E-state index contributed by atoms with van der Waals surface area (Å²) in [4.78, 5) is 0. The van der Waals surface area contributed by atoms with E-state index in [9.17, 15) is 0 Å². The van der Waals surface area contributed by atoms with Crippen LogP contribution in [0.2, 0.25) is 0 Å². The predicted molar refractivity (Wildman–Crippen MR) is 104 cm³/mol. The van der Waals surface area contributed by atoms with Crippen LogP contribution in [-0.2, 0) is 13.2 Å². The van der Waals surface area contributed by atoms with Gasteiger partial charge in [-0.1, -0.05) is 66.7 Å². The number of aromatic nitrogens is 2. The molecule has 0 radical (unpaired) electrons. The zero-order valence-corrected chi connectivity index (χ0v) is 15.0. The van der Waals surface area contributed by atoms with Crippen molar-refractivity contribution in [2.75, 3.05) is 6.61 Å². The molecule has 0 aliphatic rings. The standard InChI is InChI=1S/C22H22N2O3/c25-14-8-7-13-20-15-21(26-16-18-9-3-1-4-10-18)22(24-23-20)27-17-19-11-5-2-6-12-19/h1-7,9-13,15,25H,8,14,16-17H2. The van der Waals surface area contributed by atoms with Crippen molar-refractivity contribution in [1.82, 2.24) is 10.2 Å². The third-order valence-corrected chi connectivity index (χ3v) is 3.79. The quantitative estimate of drug-likeness (QED) is 0.623. The summed E-state index contributed by atoms with van der Waals surface area (Å²) in [5.41, 5.74) is 2.75. The van der Waals surface area contributed by atoms with E-state index in [-0.39, 0.29) is 6.61 Å². The van der Waals surface area contributed by atoms with Crippen LogP contribution in [0.3, 0.4) is 0 Å². The second kappa shape index (κ2) is 10.1. The third kappa shape index (κ3) is 5.94. The van der Waals surface area contributed by atoms with Crippen molar-refractivity contribution in [2.24, 2.45) is 0 Å². The van der Waals surface area contributed by atoms with Crippen molar-refractivity contribution in [3.05, 3.63) is 89.6 Å². The highest BCUT2D eigenvalue weighted by Crippen LogP contribution is 2.26. The van der Waals surface area contributed by atoms with Gasteiger partial charge in [-0.05, 0) is 23.6 Å². The van der Waals surface area contributed by atoms with Crippen molar-refractivity contribution in [3.63, 3.8) is 0 Å². The predicted octanol–water partition coefficient (Wildman–Crippen LogP) is 4.03. The molecule has 2 aromatic carbocycles. The molecule has 0 spiro atoms. The average molecular weight is 362 g/mol. The molecule has 0 fully saturated rings. The van der Waals surface area contributed by atoms with E-state index in [1.54, 1.807) is 12.1 Å². The van der Waals surface area contributed by atoms with Gasteiger partial charge < -0.3 is 14.6 Å². The Kier molecular flexibility index (Phi) is 6.95. The lowest BCUT2D eigenvalue weighted by Crippen LogP contribution is -2.04. The molecule has 1 heterocycles. The molecule has 5 heteroatoms. The Morgan fingerprint density at radius 3 is 2.07 bits per heavy atom. The van der Waals surface area contributed by atoms with E-state index in [1.165, 1.54) is 0 Å². The number of rotatable bonds is 9. The summed E-state index contributed by atoms with van der Waals surface area (Å²) in [5.74, 6) is 0.891. The monoisotopic (exact) mass is 362 g/mol. The van der Waals surface area contributed by atoms with Gasteiger partial charge in [0, 0.05) is 12.7 Å². The smallest absolute Gasteiger partial charge is 0.276 e. The first-order valence-electron chi connectivity index (χ1n) is 8.84. The first kappa shape index (κ1) is 18.6. The van der Waals surface area contributed by atoms with E-state index in [4.69, 9.17) is 14.6 Å². The van der Waals surface area contributed by atoms with E-state index in [2.05, 4.69) is 10.2 Å². The minimum absolute atomic E-state index is 0.0968. The van der Waals surface area contributed by atoms with E-state index < -0.39 is 0 Å². The minimum atomic E-state index is 0.0968. The summed E-state index contributed by atoms with van der Waals surface area (Å²) < 4.78 is 11.8. The van der Waals surface area contributed by atoms with Crippen molar-refractivity contribution in [1.29, 1.82) is 0 Å². The third-order valence-electron chi connectivity index (χ3n) is 3.79. The molecule has 0 aliphatic carbocycles. The van der Waals surface area contributed by atoms with Crippen LogP contribution in [-0.4, -0.2) is 21.9 Å². The Bertz CT molecular complexity index is 852. The fourth-order valence-corrected chi connectivity index (χ4v) is 2.40. The van der Waals surface area contributed by atoms with Gasteiger partial charge in [-0.3, -0.25) is 0 Å². The second-order valence-corrected chi connectivity index (χ2v) is 5.90. The molecule has 1 N–H and O–H groups in total. The molecule has 0 bridgehead atoms. The highest BCUT2D eigenvalue weighted by molar-refractivity contribution is 5.48. The summed E-state index contributed by atoms with van der Waals surface area (Å²) in [7, 11) is 0. The zero-order chi connectivity index (χ0) is 18.7. The van der Waals surface area contributed by atoms with Crippen LogP contribution in [0.4, 0.5) is 0 Å². The van der Waals surface area contributed by atoms with Crippen LogP contribution >= 0.6 is 0 Å². The molecule has 3 rings (SSSR count). The summed E-state index contributed by atoms with van der Waals surface area (Å²) in [6, 6.07) is 21.6. The lowest BCUT2D eigenvalue weighted by atomic mass is 10.2. The largest absolute Gasteiger partial charge is 0.483 e. The molecule has 0 amide bonds. The summed E-state index contributed by atoms with van der Waals surface area (Å²) >= 11 is 0. The fraction of sp³-hybridized carbons (Fsp3) is 0.182. The fourth-order valence-electron chi connectivity index (χ4n) is 2.40.